The lowest BCUT2D eigenvalue weighted by Crippen LogP contribution is -1.97. The third kappa shape index (κ3) is 7.07. The Hall–Kier alpha value is -0.820. The molecule has 0 rings (SSSR count). The molecule has 1 atom stereocenters. The lowest BCUT2D eigenvalue weighted by molar-refractivity contribution is 0.219. The lowest BCUT2D eigenvalue weighted by atomic mass is 10.2. The Balaban J connectivity index is 3.43. The second-order valence-electron chi connectivity index (χ2n) is 2.30. The van der Waals surface area contributed by atoms with Crippen LogP contribution in [0.25, 0.3) is 0 Å². The highest BCUT2D eigenvalue weighted by molar-refractivity contribution is 5.01. The van der Waals surface area contributed by atoms with Gasteiger partial charge in [-0.1, -0.05) is 43.9 Å². The van der Waals surface area contributed by atoms with E-state index in [2.05, 4.69) is 6.58 Å². The molecule has 0 saturated carbocycles. The Labute approximate surface area is 68.7 Å². The standard InChI is InChI=1S/C10H16O/c1-3-5-6-7-8-9-10(11)4-2/h3,5-6,8-11H,1,4,7H2,2H3/b6-5+,9-8+. The van der Waals surface area contributed by atoms with Gasteiger partial charge in [-0.25, -0.2) is 0 Å². The third-order valence-corrected chi connectivity index (χ3v) is 1.32. The molecule has 0 aromatic heterocycles. The highest BCUT2D eigenvalue weighted by Gasteiger charge is 1.89. The molecule has 1 heteroatoms. The fourth-order valence-corrected chi connectivity index (χ4v) is 0.625. The molecule has 0 aromatic carbocycles. The highest BCUT2D eigenvalue weighted by atomic mass is 16.3. The van der Waals surface area contributed by atoms with Crippen molar-refractivity contribution in [3.05, 3.63) is 37.0 Å². The van der Waals surface area contributed by atoms with Crippen molar-refractivity contribution in [3.8, 4) is 0 Å². The van der Waals surface area contributed by atoms with E-state index in [1.54, 1.807) is 6.08 Å². The van der Waals surface area contributed by atoms with Crippen LogP contribution < -0.4 is 0 Å². The van der Waals surface area contributed by atoms with Gasteiger partial charge in [-0.3, -0.25) is 0 Å². The van der Waals surface area contributed by atoms with Crippen molar-refractivity contribution < 1.29 is 5.11 Å². The summed E-state index contributed by atoms with van der Waals surface area (Å²) >= 11 is 0. The quantitative estimate of drug-likeness (QED) is 0.474. The summed E-state index contributed by atoms with van der Waals surface area (Å²) in [6.45, 7) is 5.50. The first-order chi connectivity index (χ1) is 5.31. The van der Waals surface area contributed by atoms with Crippen LogP contribution in [0.1, 0.15) is 19.8 Å². The molecule has 0 amide bonds. The Morgan fingerprint density at radius 1 is 1.45 bits per heavy atom. The number of rotatable bonds is 5. The number of aliphatic hydroxyl groups excluding tert-OH is 1. The van der Waals surface area contributed by atoms with E-state index >= 15 is 0 Å². The molecule has 0 aromatic rings. The van der Waals surface area contributed by atoms with Crippen molar-refractivity contribution in [2.24, 2.45) is 0 Å². The SMILES string of the molecule is C=C/C=C/C/C=C/C(O)CC. The van der Waals surface area contributed by atoms with E-state index in [0.29, 0.717) is 0 Å². The summed E-state index contributed by atoms with van der Waals surface area (Å²) in [4.78, 5) is 0. The van der Waals surface area contributed by atoms with E-state index < -0.39 is 0 Å². The largest absolute Gasteiger partial charge is 0.389 e. The van der Waals surface area contributed by atoms with Crippen LogP contribution in [0.2, 0.25) is 0 Å². The van der Waals surface area contributed by atoms with E-state index in [-0.39, 0.29) is 6.10 Å². The Bertz CT molecular complexity index is 145. The first-order valence-electron chi connectivity index (χ1n) is 3.93. The molecule has 0 spiro atoms. The molecule has 0 aliphatic carbocycles. The van der Waals surface area contributed by atoms with Gasteiger partial charge in [0.15, 0.2) is 0 Å². The van der Waals surface area contributed by atoms with Gasteiger partial charge >= 0.3 is 0 Å². The first-order valence-corrected chi connectivity index (χ1v) is 3.93. The van der Waals surface area contributed by atoms with Gasteiger partial charge in [-0.2, -0.15) is 0 Å². The summed E-state index contributed by atoms with van der Waals surface area (Å²) in [5, 5.41) is 9.08. The molecule has 11 heavy (non-hydrogen) atoms. The highest BCUT2D eigenvalue weighted by Crippen LogP contribution is 1.94. The van der Waals surface area contributed by atoms with Crippen LogP contribution in [0.3, 0.4) is 0 Å². The van der Waals surface area contributed by atoms with Crippen LogP contribution in [0.4, 0.5) is 0 Å². The normalized spacial score (nSPS) is 14.4. The average Bonchev–Trinajstić information content (AvgIpc) is 2.04. The van der Waals surface area contributed by atoms with E-state index in [4.69, 9.17) is 5.11 Å². The van der Waals surface area contributed by atoms with Gasteiger partial charge < -0.3 is 5.11 Å². The van der Waals surface area contributed by atoms with Gasteiger partial charge in [0.1, 0.15) is 0 Å². The van der Waals surface area contributed by atoms with Crippen LogP contribution >= 0.6 is 0 Å². The third-order valence-electron chi connectivity index (χ3n) is 1.32. The first kappa shape index (κ1) is 10.2. The van der Waals surface area contributed by atoms with Gasteiger partial charge in [0.05, 0.1) is 6.10 Å². The molecular weight excluding hydrogens is 136 g/mol. The van der Waals surface area contributed by atoms with E-state index in [9.17, 15) is 0 Å². The molecule has 0 radical (unpaired) electrons. The van der Waals surface area contributed by atoms with Crippen molar-refractivity contribution in [2.75, 3.05) is 0 Å². The molecule has 0 aliphatic heterocycles. The van der Waals surface area contributed by atoms with Gasteiger partial charge in [-0.05, 0) is 12.8 Å². The maximum atomic E-state index is 9.08. The number of hydrogen-bond acceptors (Lipinski definition) is 1. The van der Waals surface area contributed by atoms with E-state index in [0.717, 1.165) is 12.8 Å². The Morgan fingerprint density at radius 3 is 2.73 bits per heavy atom. The van der Waals surface area contributed by atoms with Gasteiger partial charge in [0.25, 0.3) is 0 Å². The molecule has 0 heterocycles. The van der Waals surface area contributed by atoms with Crippen molar-refractivity contribution in [1.82, 2.24) is 0 Å². The second kappa shape index (κ2) is 7.29. The molecular formula is C10H16O. The van der Waals surface area contributed by atoms with Crippen molar-refractivity contribution in [3.63, 3.8) is 0 Å². The van der Waals surface area contributed by atoms with Crippen LogP contribution in [0.5, 0.6) is 0 Å². The average molecular weight is 152 g/mol. The van der Waals surface area contributed by atoms with E-state index in [1.807, 2.05) is 31.2 Å². The zero-order chi connectivity index (χ0) is 8.53. The van der Waals surface area contributed by atoms with Crippen LogP contribution in [-0.4, -0.2) is 11.2 Å². The van der Waals surface area contributed by atoms with Crippen LogP contribution in [0, 0.1) is 0 Å². The molecule has 1 N–H and O–H groups in total. The number of allylic oxidation sites excluding steroid dienone is 4. The van der Waals surface area contributed by atoms with E-state index in [1.165, 1.54) is 0 Å². The minimum absolute atomic E-state index is 0.285. The summed E-state index contributed by atoms with van der Waals surface area (Å²) in [7, 11) is 0. The summed E-state index contributed by atoms with van der Waals surface area (Å²) in [6, 6.07) is 0. The molecule has 0 saturated heterocycles. The van der Waals surface area contributed by atoms with Crippen molar-refractivity contribution >= 4 is 0 Å². The summed E-state index contributed by atoms with van der Waals surface area (Å²) < 4.78 is 0. The monoisotopic (exact) mass is 152 g/mol. The zero-order valence-corrected chi connectivity index (χ0v) is 7.03. The van der Waals surface area contributed by atoms with Crippen molar-refractivity contribution in [1.29, 1.82) is 0 Å². The molecule has 1 nitrogen and oxygen atoms in total. The topological polar surface area (TPSA) is 20.2 Å². The minimum atomic E-state index is -0.285. The second-order valence-corrected chi connectivity index (χ2v) is 2.30. The number of hydrogen-bond donors (Lipinski definition) is 1. The zero-order valence-electron chi connectivity index (χ0n) is 7.03. The molecule has 0 bridgehead atoms. The van der Waals surface area contributed by atoms with Gasteiger partial charge in [0.2, 0.25) is 0 Å². The van der Waals surface area contributed by atoms with Crippen LogP contribution in [0.15, 0.2) is 37.0 Å². The molecule has 0 aliphatic rings. The predicted octanol–water partition coefficient (Wildman–Crippen LogP) is 2.45. The molecule has 0 fully saturated rings. The van der Waals surface area contributed by atoms with Gasteiger partial charge in [-0.15, -0.1) is 0 Å². The Morgan fingerprint density at radius 2 is 2.18 bits per heavy atom. The Kier molecular flexibility index (Phi) is 6.75. The summed E-state index contributed by atoms with van der Waals surface area (Å²) in [6.07, 6.45) is 10.7. The minimum Gasteiger partial charge on any atom is -0.389 e. The number of aliphatic hydroxyl groups is 1. The summed E-state index contributed by atoms with van der Waals surface area (Å²) in [5.74, 6) is 0. The lowest BCUT2D eigenvalue weighted by Gasteiger charge is -1.96. The van der Waals surface area contributed by atoms with Crippen molar-refractivity contribution in [2.45, 2.75) is 25.9 Å². The fraction of sp³-hybridized carbons (Fsp3) is 0.400. The van der Waals surface area contributed by atoms with Crippen LogP contribution in [-0.2, 0) is 0 Å². The predicted molar refractivity (Wildman–Crippen MR) is 49.4 cm³/mol. The molecule has 62 valence electrons. The maximum absolute atomic E-state index is 9.08. The maximum Gasteiger partial charge on any atom is 0.0718 e. The smallest absolute Gasteiger partial charge is 0.0718 e. The molecule has 1 unspecified atom stereocenters. The fourth-order valence-electron chi connectivity index (χ4n) is 0.625. The van der Waals surface area contributed by atoms with Gasteiger partial charge in [0, 0.05) is 0 Å². The summed E-state index contributed by atoms with van der Waals surface area (Å²) in [5.41, 5.74) is 0.